The van der Waals surface area contributed by atoms with Crippen LogP contribution in [0.25, 0.3) is 22.0 Å². The molecule has 0 aliphatic carbocycles. The van der Waals surface area contributed by atoms with E-state index < -0.39 is 0 Å². The second-order valence-corrected chi connectivity index (χ2v) is 6.92. The van der Waals surface area contributed by atoms with E-state index in [0.29, 0.717) is 23.4 Å². The molecule has 4 nitrogen and oxygen atoms in total. The number of hydrogen-bond donors (Lipinski definition) is 1. The third-order valence-corrected chi connectivity index (χ3v) is 4.32. The largest absolute Gasteiger partial charge is 0.476 e. The van der Waals surface area contributed by atoms with Gasteiger partial charge in [0.15, 0.2) is 0 Å². The van der Waals surface area contributed by atoms with Crippen LogP contribution in [0, 0.1) is 5.92 Å². The molecule has 2 N–H and O–H groups in total. The first-order chi connectivity index (χ1) is 12.0. The van der Waals surface area contributed by atoms with Gasteiger partial charge in [-0.1, -0.05) is 36.7 Å². The average Bonchev–Trinajstić information content (AvgIpc) is 2.59. The predicted molar refractivity (Wildman–Crippen MR) is 103 cm³/mol. The highest BCUT2D eigenvalue weighted by Gasteiger charge is 2.11. The van der Waals surface area contributed by atoms with E-state index in [9.17, 15) is 0 Å². The molecule has 0 saturated carbocycles. The molecule has 0 fully saturated rings. The summed E-state index contributed by atoms with van der Waals surface area (Å²) in [5.41, 5.74) is 8.76. The molecule has 0 aliphatic rings. The van der Waals surface area contributed by atoms with E-state index in [4.69, 9.17) is 22.1 Å². The molecule has 0 aliphatic heterocycles. The highest BCUT2D eigenvalue weighted by Crippen LogP contribution is 2.31. The lowest BCUT2D eigenvalue weighted by Gasteiger charge is -2.15. The van der Waals surface area contributed by atoms with Gasteiger partial charge in [-0.3, -0.25) is 4.98 Å². The van der Waals surface area contributed by atoms with Crippen molar-refractivity contribution in [1.29, 1.82) is 0 Å². The monoisotopic (exact) mass is 355 g/mol. The van der Waals surface area contributed by atoms with Crippen LogP contribution in [-0.4, -0.2) is 22.6 Å². The van der Waals surface area contributed by atoms with Crippen LogP contribution >= 0.6 is 11.6 Å². The number of hydrogen-bond acceptors (Lipinski definition) is 4. The van der Waals surface area contributed by atoms with Gasteiger partial charge in [0.1, 0.15) is 5.02 Å². The lowest BCUT2D eigenvalue weighted by Crippen LogP contribution is -2.21. The van der Waals surface area contributed by atoms with Crippen LogP contribution in [0.2, 0.25) is 5.02 Å². The van der Waals surface area contributed by atoms with Crippen molar-refractivity contribution in [2.75, 3.05) is 6.61 Å². The molecule has 3 rings (SSSR count). The summed E-state index contributed by atoms with van der Waals surface area (Å²) in [7, 11) is 0. The van der Waals surface area contributed by atoms with E-state index in [2.05, 4.69) is 16.9 Å². The standard InChI is InChI=1S/C20H22ClN3O/c1-13(9-14(2)22)12-25-20-18(21)10-15(11-24-20)16-7-8-23-19-6-4-3-5-17(16)19/h3-8,10-11,13-14H,9,12,22H2,1-2H3. The normalized spacial score (nSPS) is 13.6. The smallest absolute Gasteiger partial charge is 0.232 e. The average molecular weight is 356 g/mol. The van der Waals surface area contributed by atoms with Crippen LogP contribution in [0.15, 0.2) is 48.8 Å². The lowest BCUT2D eigenvalue weighted by atomic mass is 10.0. The van der Waals surface area contributed by atoms with Crippen molar-refractivity contribution in [1.82, 2.24) is 9.97 Å². The van der Waals surface area contributed by atoms with E-state index in [1.165, 1.54) is 0 Å². The van der Waals surface area contributed by atoms with Crippen LogP contribution in [0.4, 0.5) is 0 Å². The fraction of sp³-hybridized carbons (Fsp3) is 0.300. The first kappa shape index (κ1) is 17.6. The topological polar surface area (TPSA) is 61.0 Å². The maximum atomic E-state index is 6.39. The molecule has 0 spiro atoms. The lowest BCUT2D eigenvalue weighted by molar-refractivity contribution is 0.238. The minimum absolute atomic E-state index is 0.157. The molecule has 3 aromatic rings. The van der Waals surface area contributed by atoms with Gasteiger partial charge in [-0.15, -0.1) is 0 Å². The van der Waals surface area contributed by atoms with Crippen LogP contribution in [0.1, 0.15) is 20.3 Å². The van der Waals surface area contributed by atoms with Crippen molar-refractivity contribution < 1.29 is 4.74 Å². The van der Waals surface area contributed by atoms with E-state index >= 15 is 0 Å². The molecule has 130 valence electrons. The summed E-state index contributed by atoms with van der Waals surface area (Å²) in [5.74, 6) is 0.807. The quantitative estimate of drug-likeness (QED) is 0.696. The number of aromatic nitrogens is 2. The Labute approximate surface area is 153 Å². The van der Waals surface area contributed by atoms with Crippen molar-refractivity contribution in [3.05, 3.63) is 53.8 Å². The molecule has 0 bridgehead atoms. The molecule has 0 radical (unpaired) electrons. The maximum absolute atomic E-state index is 6.39. The maximum Gasteiger partial charge on any atom is 0.232 e. The zero-order valence-corrected chi connectivity index (χ0v) is 15.2. The summed E-state index contributed by atoms with van der Waals surface area (Å²) < 4.78 is 5.77. The summed E-state index contributed by atoms with van der Waals surface area (Å²) in [6.07, 6.45) is 4.49. The van der Waals surface area contributed by atoms with Gasteiger partial charge >= 0.3 is 0 Å². The predicted octanol–water partition coefficient (Wildman–Crippen LogP) is 4.70. The number of ether oxygens (including phenoxy) is 1. The molecule has 2 atom stereocenters. The fourth-order valence-corrected chi connectivity index (χ4v) is 3.17. The van der Waals surface area contributed by atoms with Gasteiger partial charge in [0.05, 0.1) is 12.1 Å². The number of fused-ring (bicyclic) bond motifs is 1. The third kappa shape index (κ3) is 4.27. The first-order valence-electron chi connectivity index (χ1n) is 8.42. The van der Waals surface area contributed by atoms with Crippen molar-refractivity contribution >= 4 is 22.5 Å². The number of benzene rings is 1. The van der Waals surface area contributed by atoms with Gasteiger partial charge in [-0.2, -0.15) is 0 Å². The van der Waals surface area contributed by atoms with Crippen LogP contribution in [0.5, 0.6) is 5.88 Å². The van der Waals surface area contributed by atoms with Gasteiger partial charge in [0.25, 0.3) is 0 Å². The van der Waals surface area contributed by atoms with Gasteiger partial charge in [0, 0.05) is 29.4 Å². The van der Waals surface area contributed by atoms with Crippen molar-refractivity contribution in [3.8, 4) is 17.0 Å². The number of halogens is 1. The Bertz CT molecular complexity index is 861. The third-order valence-electron chi connectivity index (χ3n) is 4.05. The Morgan fingerprint density at radius 1 is 1.16 bits per heavy atom. The second kappa shape index (κ2) is 7.81. The van der Waals surface area contributed by atoms with Crippen molar-refractivity contribution in [2.24, 2.45) is 11.7 Å². The molecule has 5 heteroatoms. The van der Waals surface area contributed by atoms with E-state index in [1.807, 2.05) is 43.3 Å². The SMILES string of the molecule is CC(N)CC(C)COc1ncc(-c2ccnc3ccccc23)cc1Cl. The molecule has 0 saturated heterocycles. The summed E-state index contributed by atoms with van der Waals surface area (Å²) in [6, 6.07) is 12.0. The zero-order chi connectivity index (χ0) is 17.8. The van der Waals surface area contributed by atoms with E-state index in [1.54, 1.807) is 12.4 Å². The minimum Gasteiger partial charge on any atom is -0.476 e. The van der Waals surface area contributed by atoms with Crippen molar-refractivity contribution in [2.45, 2.75) is 26.3 Å². The number of para-hydroxylation sites is 1. The Morgan fingerprint density at radius 3 is 2.72 bits per heavy atom. The summed E-state index contributed by atoms with van der Waals surface area (Å²) in [5, 5.41) is 1.58. The van der Waals surface area contributed by atoms with Gasteiger partial charge < -0.3 is 10.5 Å². The molecule has 2 aromatic heterocycles. The minimum atomic E-state index is 0.157. The Kier molecular flexibility index (Phi) is 5.51. The first-order valence-corrected chi connectivity index (χ1v) is 8.80. The van der Waals surface area contributed by atoms with Crippen LogP contribution in [0.3, 0.4) is 0 Å². The molecule has 0 amide bonds. The van der Waals surface area contributed by atoms with E-state index in [0.717, 1.165) is 28.5 Å². The molecule has 1 aromatic carbocycles. The molecular weight excluding hydrogens is 334 g/mol. The van der Waals surface area contributed by atoms with Gasteiger partial charge in [-0.05, 0) is 43.0 Å². The number of pyridine rings is 2. The summed E-state index contributed by atoms with van der Waals surface area (Å²) in [6.45, 7) is 4.65. The Morgan fingerprint density at radius 2 is 1.96 bits per heavy atom. The van der Waals surface area contributed by atoms with Crippen LogP contribution in [-0.2, 0) is 0 Å². The van der Waals surface area contributed by atoms with E-state index in [-0.39, 0.29) is 6.04 Å². The van der Waals surface area contributed by atoms with Crippen molar-refractivity contribution in [3.63, 3.8) is 0 Å². The number of nitrogens with two attached hydrogens (primary N) is 1. The van der Waals surface area contributed by atoms with Crippen LogP contribution < -0.4 is 10.5 Å². The molecule has 2 unspecified atom stereocenters. The Hall–Kier alpha value is -2.17. The second-order valence-electron chi connectivity index (χ2n) is 6.52. The number of rotatable bonds is 6. The fourth-order valence-electron chi connectivity index (χ4n) is 2.95. The summed E-state index contributed by atoms with van der Waals surface area (Å²) in [4.78, 5) is 8.80. The summed E-state index contributed by atoms with van der Waals surface area (Å²) >= 11 is 6.39. The van der Waals surface area contributed by atoms with Gasteiger partial charge in [-0.25, -0.2) is 4.98 Å². The molecule has 25 heavy (non-hydrogen) atoms. The highest BCUT2D eigenvalue weighted by molar-refractivity contribution is 6.32. The Balaban J connectivity index is 1.82. The number of nitrogens with zero attached hydrogens (tertiary/aromatic N) is 2. The van der Waals surface area contributed by atoms with Gasteiger partial charge in [0.2, 0.25) is 5.88 Å². The molecular formula is C20H22ClN3O. The molecule has 2 heterocycles. The zero-order valence-electron chi connectivity index (χ0n) is 14.4. The highest BCUT2D eigenvalue weighted by atomic mass is 35.5.